The standard InChI is InChI=1S/C10H8ClNO2/c1-2-9(13)14-10-7(6-12)4-3-5-8(10)11/h3-5H,2H2,1H3. The summed E-state index contributed by atoms with van der Waals surface area (Å²) in [6.07, 6.45) is 0.246. The van der Waals surface area contributed by atoms with E-state index in [-0.39, 0.29) is 22.8 Å². The van der Waals surface area contributed by atoms with Crippen LogP contribution in [0.1, 0.15) is 18.9 Å². The number of benzene rings is 1. The number of esters is 1. The van der Waals surface area contributed by atoms with Gasteiger partial charge in [-0.05, 0) is 12.1 Å². The number of nitrogens with zero attached hydrogens (tertiary/aromatic N) is 1. The summed E-state index contributed by atoms with van der Waals surface area (Å²) in [6, 6.07) is 6.65. The first-order valence-electron chi connectivity index (χ1n) is 4.08. The van der Waals surface area contributed by atoms with Crippen molar-refractivity contribution in [3.63, 3.8) is 0 Å². The van der Waals surface area contributed by atoms with Gasteiger partial charge in [0.1, 0.15) is 6.07 Å². The van der Waals surface area contributed by atoms with E-state index in [0.717, 1.165) is 0 Å². The maximum atomic E-state index is 11.0. The van der Waals surface area contributed by atoms with Crippen LogP contribution in [0, 0.1) is 11.3 Å². The lowest BCUT2D eigenvalue weighted by Crippen LogP contribution is -2.07. The molecule has 0 radical (unpaired) electrons. The Kier molecular flexibility index (Phi) is 3.49. The second kappa shape index (κ2) is 4.64. The van der Waals surface area contributed by atoms with Crippen LogP contribution in [-0.4, -0.2) is 5.97 Å². The van der Waals surface area contributed by atoms with Crippen LogP contribution in [0.3, 0.4) is 0 Å². The monoisotopic (exact) mass is 209 g/mol. The molecule has 0 fully saturated rings. The largest absolute Gasteiger partial charge is 0.424 e. The van der Waals surface area contributed by atoms with Crippen LogP contribution in [0.2, 0.25) is 5.02 Å². The fourth-order valence-corrected chi connectivity index (χ4v) is 1.10. The van der Waals surface area contributed by atoms with Crippen molar-refractivity contribution >= 4 is 17.6 Å². The average molecular weight is 210 g/mol. The lowest BCUT2D eigenvalue weighted by atomic mass is 10.2. The zero-order valence-corrected chi connectivity index (χ0v) is 8.34. The highest BCUT2D eigenvalue weighted by atomic mass is 35.5. The van der Waals surface area contributed by atoms with Gasteiger partial charge in [-0.3, -0.25) is 4.79 Å². The first kappa shape index (κ1) is 10.6. The molecule has 3 nitrogen and oxygen atoms in total. The highest BCUT2D eigenvalue weighted by molar-refractivity contribution is 6.32. The summed E-state index contributed by atoms with van der Waals surface area (Å²) in [7, 11) is 0. The maximum Gasteiger partial charge on any atom is 0.310 e. The van der Waals surface area contributed by atoms with Gasteiger partial charge in [-0.2, -0.15) is 5.26 Å². The van der Waals surface area contributed by atoms with E-state index in [1.807, 2.05) is 6.07 Å². The third kappa shape index (κ3) is 2.24. The fourth-order valence-electron chi connectivity index (χ4n) is 0.887. The molecular formula is C10H8ClNO2. The third-order valence-corrected chi connectivity index (χ3v) is 1.89. The smallest absolute Gasteiger partial charge is 0.310 e. The lowest BCUT2D eigenvalue weighted by molar-refractivity contribution is -0.134. The molecule has 1 aromatic rings. The Labute approximate surface area is 86.9 Å². The van der Waals surface area contributed by atoms with Gasteiger partial charge in [0.25, 0.3) is 0 Å². The molecule has 14 heavy (non-hydrogen) atoms. The number of nitriles is 1. The Morgan fingerprint density at radius 3 is 2.93 bits per heavy atom. The summed E-state index contributed by atoms with van der Waals surface area (Å²) in [5, 5.41) is 9.00. The van der Waals surface area contributed by atoms with Crippen molar-refractivity contribution < 1.29 is 9.53 Å². The van der Waals surface area contributed by atoms with E-state index in [2.05, 4.69) is 0 Å². The van der Waals surface area contributed by atoms with Crippen LogP contribution in [-0.2, 0) is 4.79 Å². The second-order valence-corrected chi connectivity index (χ2v) is 2.96. The lowest BCUT2D eigenvalue weighted by Gasteiger charge is -2.05. The van der Waals surface area contributed by atoms with Crippen molar-refractivity contribution in [2.75, 3.05) is 0 Å². The Balaban J connectivity index is 3.06. The van der Waals surface area contributed by atoms with Crippen molar-refractivity contribution in [1.82, 2.24) is 0 Å². The van der Waals surface area contributed by atoms with Crippen LogP contribution < -0.4 is 4.74 Å². The molecule has 0 N–H and O–H groups in total. The minimum absolute atomic E-state index is 0.142. The molecule has 0 saturated heterocycles. The zero-order valence-electron chi connectivity index (χ0n) is 7.58. The molecule has 72 valence electrons. The first-order valence-corrected chi connectivity index (χ1v) is 4.46. The van der Waals surface area contributed by atoms with Crippen LogP contribution in [0.4, 0.5) is 0 Å². The number of para-hydroxylation sites is 1. The van der Waals surface area contributed by atoms with E-state index in [0.29, 0.717) is 0 Å². The Morgan fingerprint density at radius 2 is 2.36 bits per heavy atom. The zero-order chi connectivity index (χ0) is 10.6. The van der Waals surface area contributed by atoms with Gasteiger partial charge in [0.05, 0.1) is 10.6 Å². The molecule has 1 rings (SSSR count). The van der Waals surface area contributed by atoms with Gasteiger partial charge in [0.2, 0.25) is 0 Å². The van der Waals surface area contributed by atoms with E-state index < -0.39 is 5.97 Å². The van der Waals surface area contributed by atoms with E-state index in [1.54, 1.807) is 25.1 Å². The molecule has 0 amide bonds. The number of hydrogen-bond donors (Lipinski definition) is 0. The van der Waals surface area contributed by atoms with E-state index in [4.69, 9.17) is 21.6 Å². The number of halogens is 1. The Bertz CT molecular complexity index is 396. The SMILES string of the molecule is CCC(=O)Oc1c(Cl)cccc1C#N. The molecule has 0 unspecified atom stereocenters. The predicted molar refractivity (Wildman–Crippen MR) is 52.1 cm³/mol. The third-order valence-electron chi connectivity index (χ3n) is 1.59. The Hall–Kier alpha value is -1.53. The average Bonchev–Trinajstić information content (AvgIpc) is 2.20. The van der Waals surface area contributed by atoms with E-state index >= 15 is 0 Å². The summed E-state index contributed by atoms with van der Waals surface area (Å²) in [5.41, 5.74) is 0.263. The molecule has 0 aliphatic heterocycles. The van der Waals surface area contributed by atoms with Gasteiger partial charge in [-0.25, -0.2) is 0 Å². The number of hydrogen-bond acceptors (Lipinski definition) is 3. The van der Waals surface area contributed by atoms with Crippen molar-refractivity contribution in [1.29, 1.82) is 5.26 Å². The van der Waals surface area contributed by atoms with Crippen LogP contribution in [0.5, 0.6) is 5.75 Å². The summed E-state index contributed by atoms with van der Waals surface area (Å²) in [6.45, 7) is 1.67. The van der Waals surface area contributed by atoms with Crippen LogP contribution in [0.25, 0.3) is 0 Å². The summed E-state index contributed by atoms with van der Waals surface area (Å²) >= 11 is 5.78. The van der Waals surface area contributed by atoms with Crippen molar-refractivity contribution in [2.24, 2.45) is 0 Å². The molecule has 0 heterocycles. The molecular weight excluding hydrogens is 202 g/mol. The Morgan fingerprint density at radius 1 is 1.64 bits per heavy atom. The predicted octanol–water partition coefficient (Wildman–Crippen LogP) is 2.53. The molecule has 0 bridgehead atoms. The minimum atomic E-state index is -0.408. The maximum absolute atomic E-state index is 11.0. The van der Waals surface area contributed by atoms with Crippen molar-refractivity contribution in [2.45, 2.75) is 13.3 Å². The summed E-state index contributed by atoms with van der Waals surface area (Å²) in [5.74, 6) is -0.266. The molecule has 0 aromatic heterocycles. The summed E-state index contributed by atoms with van der Waals surface area (Å²) in [4.78, 5) is 11.0. The van der Waals surface area contributed by atoms with Gasteiger partial charge >= 0.3 is 5.97 Å². The molecule has 1 aromatic carbocycles. The van der Waals surface area contributed by atoms with Gasteiger partial charge in [0, 0.05) is 6.42 Å². The fraction of sp³-hybridized carbons (Fsp3) is 0.200. The van der Waals surface area contributed by atoms with Gasteiger partial charge < -0.3 is 4.74 Å². The number of ether oxygens (including phenoxy) is 1. The van der Waals surface area contributed by atoms with Crippen LogP contribution in [0.15, 0.2) is 18.2 Å². The molecule has 0 spiro atoms. The van der Waals surface area contributed by atoms with Crippen molar-refractivity contribution in [3.8, 4) is 11.8 Å². The van der Waals surface area contributed by atoms with E-state index in [9.17, 15) is 4.79 Å². The second-order valence-electron chi connectivity index (χ2n) is 2.56. The van der Waals surface area contributed by atoms with Gasteiger partial charge in [-0.1, -0.05) is 24.6 Å². The topological polar surface area (TPSA) is 50.1 Å². The molecule has 0 aliphatic carbocycles. The number of carbonyl (C=O) groups excluding carboxylic acids is 1. The molecule has 4 heteroatoms. The highest BCUT2D eigenvalue weighted by Crippen LogP contribution is 2.28. The normalized spacial score (nSPS) is 9.21. The number of carbonyl (C=O) groups is 1. The molecule has 0 aliphatic rings. The summed E-state index contributed by atoms with van der Waals surface area (Å²) < 4.78 is 4.92. The highest BCUT2D eigenvalue weighted by Gasteiger charge is 2.11. The van der Waals surface area contributed by atoms with Gasteiger partial charge in [0.15, 0.2) is 5.75 Å². The molecule has 0 atom stereocenters. The molecule has 0 saturated carbocycles. The van der Waals surface area contributed by atoms with E-state index in [1.165, 1.54) is 0 Å². The van der Waals surface area contributed by atoms with Crippen molar-refractivity contribution in [3.05, 3.63) is 28.8 Å². The minimum Gasteiger partial charge on any atom is -0.424 e. The number of rotatable bonds is 2. The first-order chi connectivity index (χ1) is 6.69. The van der Waals surface area contributed by atoms with Gasteiger partial charge in [-0.15, -0.1) is 0 Å². The van der Waals surface area contributed by atoms with Crippen LogP contribution >= 0.6 is 11.6 Å². The quantitative estimate of drug-likeness (QED) is 0.556.